The third-order valence-electron chi connectivity index (χ3n) is 5.09. The fourth-order valence-corrected chi connectivity index (χ4v) is 3.52. The molecule has 5 heteroatoms. The smallest absolute Gasteiger partial charge is 0.246 e. The molecule has 1 saturated heterocycles. The summed E-state index contributed by atoms with van der Waals surface area (Å²) >= 11 is 0. The van der Waals surface area contributed by atoms with Crippen LogP contribution in [0.3, 0.4) is 0 Å². The van der Waals surface area contributed by atoms with E-state index in [-0.39, 0.29) is 17.9 Å². The average molecular weight is 380 g/mol. The number of carbonyl (C=O) groups is 2. The molecule has 0 radical (unpaired) electrons. The lowest BCUT2D eigenvalue weighted by Gasteiger charge is -2.19. The second kappa shape index (κ2) is 8.91. The van der Waals surface area contributed by atoms with Crippen LogP contribution in [0, 0.1) is 0 Å². The van der Waals surface area contributed by atoms with Crippen molar-refractivity contribution in [1.82, 2.24) is 4.90 Å². The molecule has 2 amide bonds. The Hall–Kier alpha value is -2.82. The maximum Gasteiger partial charge on any atom is 0.246 e. The normalized spacial score (nSPS) is 15.0. The number of rotatable bonds is 7. The number of likely N-dealkylation sites (tertiary alicyclic amines) is 1. The number of carbonyl (C=O) groups excluding carboxylic acids is 2. The number of benzene rings is 2. The van der Waals surface area contributed by atoms with Gasteiger partial charge in [-0.2, -0.15) is 0 Å². The Bertz CT molecular complexity index is 847. The van der Waals surface area contributed by atoms with E-state index in [2.05, 4.69) is 24.5 Å². The summed E-state index contributed by atoms with van der Waals surface area (Å²) in [7, 11) is 0. The minimum absolute atomic E-state index is 0.0757. The Balaban J connectivity index is 1.63. The zero-order chi connectivity index (χ0) is 20.1. The second-order valence-electron chi connectivity index (χ2n) is 7.72. The molecule has 1 heterocycles. The van der Waals surface area contributed by atoms with Crippen LogP contribution in [0.2, 0.25) is 0 Å². The number of amides is 2. The molecule has 1 fully saturated rings. The number of hydrogen-bond acceptors (Lipinski definition) is 3. The van der Waals surface area contributed by atoms with Crippen molar-refractivity contribution in [2.45, 2.75) is 52.1 Å². The van der Waals surface area contributed by atoms with Crippen molar-refractivity contribution in [3.8, 4) is 0 Å². The fourth-order valence-electron chi connectivity index (χ4n) is 3.52. The van der Waals surface area contributed by atoms with Crippen LogP contribution < -0.4 is 10.6 Å². The first-order valence-electron chi connectivity index (χ1n) is 9.97. The minimum Gasteiger partial charge on any atom is -0.374 e. The van der Waals surface area contributed by atoms with Crippen LogP contribution >= 0.6 is 0 Å². The van der Waals surface area contributed by atoms with E-state index in [4.69, 9.17) is 0 Å². The fraction of sp³-hybridized carbons (Fsp3) is 0.391. The second-order valence-corrected chi connectivity index (χ2v) is 7.72. The van der Waals surface area contributed by atoms with Gasteiger partial charge in [-0.05, 0) is 48.6 Å². The van der Waals surface area contributed by atoms with Crippen molar-refractivity contribution in [3.63, 3.8) is 0 Å². The SMILES string of the molecule is CC(Nc1cccc(CN2CCCC2=O)c1)C(=O)Nc1ccccc1C(C)C. The number of nitrogens with one attached hydrogen (secondary N) is 2. The van der Waals surface area contributed by atoms with Gasteiger partial charge in [0, 0.05) is 30.9 Å². The summed E-state index contributed by atoms with van der Waals surface area (Å²) < 4.78 is 0. The predicted octanol–water partition coefficient (Wildman–Crippen LogP) is 4.37. The topological polar surface area (TPSA) is 61.4 Å². The maximum absolute atomic E-state index is 12.7. The Morgan fingerprint density at radius 1 is 1.11 bits per heavy atom. The molecule has 5 nitrogen and oxygen atoms in total. The Labute approximate surface area is 167 Å². The van der Waals surface area contributed by atoms with Gasteiger partial charge in [0.2, 0.25) is 11.8 Å². The largest absolute Gasteiger partial charge is 0.374 e. The lowest BCUT2D eigenvalue weighted by atomic mass is 10.0. The third kappa shape index (κ3) is 4.91. The molecule has 0 aliphatic carbocycles. The van der Waals surface area contributed by atoms with Gasteiger partial charge >= 0.3 is 0 Å². The van der Waals surface area contributed by atoms with E-state index in [1.807, 2.05) is 60.4 Å². The monoisotopic (exact) mass is 379 g/mol. The molecule has 2 N–H and O–H groups in total. The molecule has 0 saturated carbocycles. The molecule has 148 valence electrons. The van der Waals surface area contributed by atoms with Gasteiger partial charge in [0.15, 0.2) is 0 Å². The Morgan fingerprint density at radius 3 is 2.61 bits per heavy atom. The van der Waals surface area contributed by atoms with E-state index < -0.39 is 0 Å². The van der Waals surface area contributed by atoms with Gasteiger partial charge < -0.3 is 15.5 Å². The van der Waals surface area contributed by atoms with Crippen molar-refractivity contribution < 1.29 is 9.59 Å². The molecular weight excluding hydrogens is 350 g/mol. The van der Waals surface area contributed by atoms with E-state index in [0.717, 1.165) is 35.5 Å². The summed E-state index contributed by atoms with van der Waals surface area (Å²) in [4.78, 5) is 26.4. The van der Waals surface area contributed by atoms with Crippen LogP contribution in [0.5, 0.6) is 0 Å². The number of para-hydroxylation sites is 1. The van der Waals surface area contributed by atoms with Crippen molar-refractivity contribution in [2.75, 3.05) is 17.2 Å². The van der Waals surface area contributed by atoms with Crippen LogP contribution in [0.15, 0.2) is 48.5 Å². The molecule has 1 aliphatic heterocycles. The molecule has 2 aromatic carbocycles. The van der Waals surface area contributed by atoms with Gasteiger partial charge in [0.1, 0.15) is 6.04 Å². The standard InChI is InChI=1S/C23H29N3O2/c1-16(2)20-10-4-5-11-21(20)25-23(28)17(3)24-19-9-6-8-18(14-19)15-26-13-7-12-22(26)27/h4-6,8-11,14,16-17,24H,7,12-13,15H2,1-3H3,(H,25,28). The summed E-state index contributed by atoms with van der Waals surface area (Å²) in [6.45, 7) is 7.53. The lowest BCUT2D eigenvalue weighted by Crippen LogP contribution is -2.32. The van der Waals surface area contributed by atoms with Crippen LogP contribution in [-0.4, -0.2) is 29.3 Å². The highest BCUT2D eigenvalue weighted by Gasteiger charge is 2.20. The molecule has 0 bridgehead atoms. The van der Waals surface area contributed by atoms with E-state index in [1.54, 1.807) is 0 Å². The molecule has 1 unspecified atom stereocenters. The highest BCUT2D eigenvalue weighted by atomic mass is 16.2. The maximum atomic E-state index is 12.7. The van der Waals surface area contributed by atoms with Crippen molar-refractivity contribution >= 4 is 23.2 Å². The zero-order valence-corrected chi connectivity index (χ0v) is 16.9. The number of hydrogen-bond donors (Lipinski definition) is 2. The summed E-state index contributed by atoms with van der Waals surface area (Å²) in [5.74, 6) is 0.480. The van der Waals surface area contributed by atoms with Gasteiger partial charge in [-0.3, -0.25) is 9.59 Å². The first-order valence-corrected chi connectivity index (χ1v) is 9.97. The quantitative estimate of drug-likeness (QED) is 0.751. The molecule has 0 spiro atoms. The lowest BCUT2D eigenvalue weighted by molar-refractivity contribution is -0.128. The summed E-state index contributed by atoms with van der Waals surface area (Å²) in [6.07, 6.45) is 1.58. The number of anilines is 2. The van der Waals surface area contributed by atoms with E-state index in [0.29, 0.717) is 18.9 Å². The average Bonchev–Trinajstić information content (AvgIpc) is 3.07. The minimum atomic E-state index is -0.385. The first-order chi connectivity index (χ1) is 13.4. The van der Waals surface area contributed by atoms with Crippen LogP contribution in [0.1, 0.15) is 50.7 Å². The van der Waals surface area contributed by atoms with Gasteiger partial charge in [0.05, 0.1) is 0 Å². The molecule has 1 atom stereocenters. The van der Waals surface area contributed by atoms with Gasteiger partial charge in [0.25, 0.3) is 0 Å². The van der Waals surface area contributed by atoms with Crippen LogP contribution in [0.25, 0.3) is 0 Å². The van der Waals surface area contributed by atoms with E-state index >= 15 is 0 Å². The van der Waals surface area contributed by atoms with Gasteiger partial charge in [-0.15, -0.1) is 0 Å². The molecule has 3 rings (SSSR count). The third-order valence-corrected chi connectivity index (χ3v) is 5.09. The van der Waals surface area contributed by atoms with Crippen LogP contribution in [0.4, 0.5) is 11.4 Å². The molecule has 0 aromatic heterocycles. The van der Waals surface area contributed by atoms with Crippen molar-refractivity contribution in [3.05, 3.63) is 59.7 Å². The Kier molecular flexibility index (Phi) is 6.34. The van der Waals surface area contributed by atoms with Gasteiger partial charge in [-0.25, -0.2) is 0 Å². The molecule has 28 heavy (non-hydrogen) atoms. The first kappa shape index (κ1) is 19.9. The van der Waals surface area contributed by atoms with E-state index in [9.17, 15) is 9.59 Å². The number of nitrogens with zero attached hydrogens (tertiary/aromatic N) is 1. The van der Waals surface area contributed by atoms with Gasteiger partial charge in [-0.1, -0.05) is 44.2 Å². The predicted molar refractivity (Wildman–Crippen MR) is 113 cm³/mol. The highest BCUT2D eigenvalue weighted by molar-refractivity contribution is 5.97. The summed E-state index contributed by atoms with van der Waals surface area (Å²) in [5.41, 5.74) is 3.93. The van der Waals surface area contributed by atoms with Crippen molar-refractivity contribution in [1.29, 1.82) is 0 Å². The highest BCUT2D eigenvalue weighted by Crippen LogP contribution is 2.24. The Morgan fingerprint density at radius 2 is 1.89 bits per heavy atom. The zero-order valence-electron chi connectivity index (χ0n) is 16.9. The van der Waals surface area contributed by atoms with E-state index in [1.165, 1.54) is 0 Å². The summed E-state index contributed by atoms with van der Waals surface area (Å²) in [5, 5.41) is 6.31. The molecule has 1 aliphatic rings. The molecular formula is C23H29N3O2. The summed E-state index contributed by atoms with van der Waals surface area (Å²) in [6, 6.07) is 15.4. The molecule has 2 aromatic rings. The van der Waals surface area contributed by atoms with Crippen molar-refractivity contribution in [2.24, 2.45) is 0 Å². The van der Waals surface area contributed by atoms with Crippen LogP contribution in [-0.2, 0) is 16.1 Å².